The van der Waals surface area contributed by atoms with Crippen molar-refractivity contribution in [3.63, 3.8) is 0 Å². The van der Waals surface area contributed by atoms with E-state index in [4.69, 9.17) is 20.9 Å². The summed E-state index contributed by atoms with van der Waals surface area (Å²) in [6.45, 7) is 4.68. The van der Waals surface area contributed by atoms with Crippen molar-refractivity contribution >= 4 is 22.7 Å². The van der Waals surface area contributed by atoms with E-state index in [1.807, 2.05) is 12.1 Å². The van der Waals surface area contributed by atoms with Gasteiger partial charge in [0.1, 0.15) is 11.3 Å². The first-order valence-corrected chi connectivity index (χ1v) is 11.1. The van der Waals surface area contributed by atoms with Crippen molar-refractivity contribution in [3.8, 4) is 11.8 Å². The van der Waals surface area contributed by atoms with Crippen LogP contribution in [-0.2, 0) is 6.54 Å². The summed E-state index contributed by atoms with van der Waals surface area (Å²) >= 11 is 0. The molecule has 1 fully saturated rings. The first-order valence-electron chi connectivity index (χ1n) is 11.1. The number of benzene rings is 1. The maximum atomic E-state index is 12.7. The van der Waals surface area contributed by atoms with Gasteiger partial charge in [0, 0.05) is 36.4 Å². The number of nitrogens with zero attached hydrogens (tertiary/aromatic N) is 4. The van der Waals surface area contributed by atoms with Crippen molar-refractivity contribution in [2.75, 3.05) is 37.4 Å². The average Bonchev–Trinajstić information content (AvgIpc) is 3.10. The first kappa shape index (κ1) is 21.9. The molecule has 1 aliphatic rings. The van der Waals surface area contributed by atoms with Crippen LogP contribution in [-0.4, -0.2) is 52.4 Å². The Labute approximate surface area is 186 Å². The molecule has 0 spiro atoms. The molecule has 172 valence electrons. The van der Waals surface area contributed by atoms with Crippen LogP contribution in [0.5, 0.6) is 11.8 Å². The van der Waals surface area contributed by atoms with Gasteiger partial charge < -0.3 is 30.8 Å². The largest absolute Gasteiger partial charge is 0.496 e. The predicted octanol–water partition coefficient (Wildman–Crippen LogP) is 1.87. The molecule has 4 rings (SSSR count). The Balaban J connectivity index is 1.63. The molecule has 3 aromatic rings. The van der Waals surface area contributed by atoms with Crippen LogP contribution >= 0.6 is 0 Å². The fourth-order valence-corrected chi connectivity index (χ4v) is 3.94. The van der Waals surface area contributed by atoms with E-state index in [2.05, 4.69) is 32.8 Å². The number of aromatic amines is 1. The third-order valence-corrected chi connectivity index (χ3v) is 5.86. The molecule has 2 aromatic heterocycles. The number of imidazole rings is 1. The lowest BCUT2D eigenvalue weighted by atomic mass is 10.0. The van der Waals surface area contributed by atoms with Gasteiger partial charge in [-0.15, -0.1) is 0 Å². The zero-order valence-electron chi connectivity index (χ0n) is 18.6. The van der Waals surface area contributed by atoms with Gasteiger partial charge in [-0.05, 0) is 25.3 Å². The number of hydrogen-bond acceptors (Lipinski definition) is 8. The second-order valence-corrected chi connectivity index (χ2v) is 8.13. The average molecular weight is 442 g/mol. The number of anilines is 2. The van der Waals surface area contributed by atoms with Gasteiger partial charge in [-0.3, -0.25) is 4.57 Å². The summed E-state index contributed by atoms with van der Waals surface area (Å²) in [6.07, 6.45) is 3.82. The lowest BCUT2D eigenvalue weighted by molar-refractivity contribution is 0.286. The smallest absolute Gasteiger partial charge is 0.328 e. The molecular formula is C22H31N7O3. The van der Waals surface area contributed by atoms with E-state index < -0.39 is 0 Å². The van der Waals surface area contributed by atoms with Crippen molar-refractivity contribution in [2.45, 2.75) is 45.2 Å². The maximum absolute atomic E-state index is 12.7. The minimum absolute atomic E-state index is 0.168. The number of H-pyrrole nitrogens is 1. The third kappa shape index (κ3) is 4.50. The standard InChI is InChI=1S/C22H31N7O3/c1-3-4-11-32-21-26-19(24)18-20(27-21)29(22(30)25-18)13-14-5-6-16(12-17(14)31-2)28-9-7-15(23)8-10-28/h5-6,12,15H,3-4,7-11,13,23H2,1-2H3,(H,25,30)(H2,24,26,27). The monoisotopic (exact) mass is 441 g/mol. The number of nitrogens with one attached hydrogen (secondary N) is 1. The lowest BCUT2D eigenvalue weighted by Crippen LogP contribution is -2.39. The number of rotatable bonds is 8. The number of hydrogen-bond donors (Lipinski definition) is 3. The molecule has 0 radical (unpaired) electrons. The van der Waals surface area contributed by atoms with Crippen LogP contribution in [0.4, 0.5) is 11.5 Å². The van der Waals surface area contributed by atoms with Gasteiger partial charge in [-0.1, -0.05) is 19.4 Å². The Morgan fingerprint density at radius 1 is 1.25 bits per heavy atom. The van der Waals surface area contributed by atoms with E-state index in [1.165, 1.54) is 4.57 Å². The van der Waals surface area contributed by atoms with Crippen molar-refractivity contribution in [1.82, 2.24) is 19.5 Å². The number of nitrogens with two attached hydrogens (primary N) is 2. The molecule has 1 aliphatic heterocycles. The fraction of sp³-hybridized carbons (Fsp3) is 0.500. The molecule has 0 amide bonds. The fourth-order valence-electron chi connectivity index (χ4n) is 3.94. The molecule has 1 aromatic carbocycles. The van der Waals surface area contributed by atoms with E-state index in [0.29, 0.717) is 23.5 Å². The molecule has 3 heterocycles. The molecule has 0 saturated carbocycles. The Kier molecular flexibility index (Phi) is 6.50. The highest BCUT2D eigenvalue weighted by Crippen LogP contribution is 2.29. The van der Waals surface area contributed by atoms with Crippen LogP contribution in [0.25, 0.3) is 11.2 Å². The SMILES string of the molecule is CCCCOc1nc(N)c2[nH]c(=O)n(Cc3ccc(N4CCC(N)CC4)cc3OC)c2n1. The third-order valence-electron chi connectivity index (χ3n) is 5.86. The van der Waals surface area contributed by atoms with Crippen LogP contribution in [0.2, 0.25) is 0 Å². The summed E-state index contributed by atoms with van der Waals surface area (Å²) < 4.78 is 12.8. The quantitative estimate of drug-likeness (QED) is 0.451. The number of methoxy groups -OCH3 is 1. The van der Waals surface area contributed by atoms with Crippen LogP contribution in [0, 0.1) is 0 Å². The number of fused-ring (bicyclic) bond motifs is 1. The van der Waals surface area contributed by atoms with Gasteiger partial charge in [0.2, 0.25) is 0 Å². The number of unbranched alkanes of at least 4 members (excludes halogenated alkanes) is 1. The summed E-state index contributed by atoms with van der Waals surface area (Å²) in [6, 6.07) is 6.48. The Hall–Kier alpha value is -3.27. The molecule has 0 aliphatic carbocycles. The summed E-state index contributed by atoms with van der Waals surface area (Å²) in [5, 5.41) is 0. The minimum Gasteiger partial charge on any atom is -0.496 e. The van der Waals surface area contributed by atoms with Crippen LogP contribution in [0.3, 0.4) is 0 Å². The molecule has 10 heteroatoms. The number of nitrogen functional groups attached to an aromatic ring is 1. The summed E-state index contributed by atoms with van der Waals surface area (Å²) in [4.78, 5) is 26.4. The summed E-state index contributed by atoms with van der Waals surface area (Å²) in [7, 11) is 1.63. The van der Waals surface area contributed by atoms with E-state index in [-0.39, 0.29) is 30.1 Å². The normalized spacial score (nSPS) is 14.8. The topological polar surface area (TPSA) is 137 Å². The second-order valence-electron chi connectivity index (χ2n) is 8.13. The van der Waals surface area contributed by atoms with Crippen molar-refractivity contribution < 1.29 is 9.47 Å². The van der Waals surface area contributed by atoms with Gasteiger partial charge in [-0.2, -0.15) is 9.97 Å². The van der Waals surface area contributed by atoms with E-state index in [9.17, 15) is 4.79 Å². The molecule has 10 nitrogen and oxygen atoms in total. The van der Waals surface area contributed by atoms with Gasteiger partial charge in [0.15, 0.2) is 11.5 Å². The number of ether oxygens (including phenoxy) is 2. The molecule has 1 saturated heterocycles. The zero-order chi connectivity index (χ0) is 22.7. The predicted molar refractivity (Wildman–Crippen MR) is 124 cm³/mol. The maximum Gasteiger partial charge on any atom is 0.328 e. The first-order chi connectivity index (χ1) is 15.5. The molecule has 5 N–H and O–H groups in total. The van der Waals surface area contributed by atoms with Crippen molar-refractivity contribution in [3.05, 3.63) is 34.2 Å². The number of aromatic nitrogens is 4. The van der Waals surface area contributed by atoms with Crippen LogP contribution in [0.1, 0.15) is 38.2 Å². The van der Waals surface area contributed by atoms with Crippen molar-refractivity contribution in [1.29, 1.82) is 0 Å². The van der Waals surface area contributed by atoms with Crippen molar-refractivity contribution in [2.24, 2.45) is 5.73 Å². The highest BCUT2D eigenvalue weighted by atomic mass is 16.5. The molecule has 0 unspecified atom stereocenters. The van der Waals surface area contributed by atoms with E-state index in [0.717, 1.165) is 50.0 Å². The van der Waals surface area contributed by atoms with Crippen LogP contribution in [0.15, 0.2) is 23.0 Å². The van der Waals surface area contributed by atoms with Gasteiger partial charge in [0.05, 0.1) is 20.3 Å². The highest BCUT2D eigenvalue weighted by molar-refractivity contribution is 5.82. The van der Waals surface area contributed by atoms with Gasteiger partial charge >= 0.3 is 11.7 Å². The zero-order valence-corrected chi connectivity index (χ0v) is 18.6. The van der Waals surface area contributed by atoms with E-state index in [1.54, 1.807) is 7.11 Å². The second kappa shape index (κ2) is 9.47. The molecule has 32 heavy (non-hydrogen) atoms. The number of piperidine rings is 1. The van der Waals surface area contributed by atoms with Gasteiger partial charge in [0.25, 0.3) is 0 Å². The molecule has 0 bridgehead atoms. The van der Waals surface area contributed by atoms with E-state index >= 15 is 0 Å². The lowest BCUT2D eigenvalue weighted by Gasteiger charge is -2.32. The summed E-state index contributed by atoms with van der Waals surface area (Å²) in [5.41, 5.74) is 14.5. The Bertz CT molecular complexity index is 1130. The molecular weight excluding hydrogens is 410 g/mol. The van der Waals surface area contributed by atoms with Crippen LogP contribution < -0.4 is 31.5 Å². The minimum atomic E-state index is -0.317. The Morgan fingerprint density at radius 3 is 2.75 bits per heavy atom. The molecule has 0 atom stereocenters. The Morgan fingerprint density at radius 2 is 2.03 bits per heavy atom. The van der Waals surface area contributed by atoms with Gasteiger partial charge in [-0.25, -0.2) is 4.79 Å². The highest BCUT2D eigenvalue weighted by Gasteiger charge is 2.19. The summed E-state index contributed by atoms with van der Waals surface area (Å²) in [5.74, 6) is 0.892.